The zero-order valence-corrected chi connectivity index (χ0v) is 8.83. The average molecular weight is 200 g/mol. The first-order valence-electron chi connectivity index (χ1n) is 5.46. The lowest BCUT2D eigenvalue weighted by Crippen LogP contribution is -2.48. The van der Waals surface area contributed by atoms with Crippen molar-refractivity contribution >= 4 is 6.09 Å². The number of unbranched alkanes of at least 4 members (excludes halogenated alkanes) is 1. The molecule has 1 saturated heterocycles. The molecule has 1 aliphatic heterocycles. The molecule has 2 N–H and O–H groups in total. The molecule has 0 aromatic carbocycles. The molecular weight excluding hydrogens is 180 g/mol. The van der Waals surface area contributed by atoms with Crippen molar-refractivity contribution in [2.45, 2.75) is 38.6 Å². The number of rotatable bonds is 4. The second kappa shape index (κ2) is 5.86. The Balaban J connectivity index is 2.43. The molecule has 14 heavy (non-hydrogen) atoms. The predicted octanol–water partition coefficient (Wildman–Crippen LogP) is 1.52. The highest BCUT2D eigenvalue weighted by atomic mass is 16.4. The van der Waals surface area contributed by atoms with Crippen LogP contribution >= 0.6 is 0 Å². The summed E-state index contributed by atoms with van der Waals surface area (Å²) in [4.78, 5) is 12.6. The summed E-state index contributed by atoms with van der Waals surface area (Å²) in [5.74, 6) is 0. The summed E-state index contributed by atoms with van der Waals surface area (Å²) < 4.78 is 0. The van der Waals surface area contributed by atoms with Gasteiger partial charge in [0.15, 0.2) is 0 Å². The van der Waals surface area contributed by atoms with Gasteiger partial charge in [-0.1, -0.05) is 13.3 Å². The number of nitrogens with zero attached hydrogens (tertiary/aromatic N) is 1. The van der Waals surface area contributed by atoms with Gasteiger partial charge in [0.1, 0.15) is 0 Å². The lowest BCUT2D eigenvalue weighted by Gasteiger charge is -2.32. The molecule has 0 radical (unpaired) electrons. The fourth-order valence-electron chi connectivity index (χ4n) is 1.86. The van der Waals surface area contributed by atoms with Gasteiger partial charge in [0, 0.05) is 19.1 Å². The van der Waals surface area contributed by atoms with Crippen LogP contribution in [-0.4, -0.2) is 41.8 Å². The highest BCUT2D eigenvalue weighted by molar-refractivity contribution is 5.65. The minimum atomic E-state index is -0.771. The van der Waals surface area contributed by atoms with E-state index in [9.17, 15) is 4.79 Å². The summed E-state index contributed by atoms with van der Waals surface area (Å²) >= 11 is 0. The Morgan fingerprint density at radius 2 is 2.43 bits per heavy atom. The minimum absolute atomic E-state index is 0.188. The number of hydrogen-bond donors (Lipinski definition) is 2. The summed E-state index contributed by atoms with van der Waals surface area (Å²) in [5.41, 5.74) is 0. The van der Waals surface area contributed by atoms with Gasteiger partial charge in [0.2, 0.25) is 0 Å². The highest BCUT2D eigenvalue weighted by Crippen LogP contribution is 2.11. The molecule has 1 rings (SSSR count). The van der Waals surface area contributed by atoms with Crippen LogP contribution < -0.4 is 5.32 Å². The molecule has 1 aliphatic rings. The van der Waals surface area contributed by atoms with Crippen molar-refractivity contribution in [3.05, 3.63) is 0 Å². The Morgan fingerprint density at radius 1 is 1.64 bits per heavy atom. The molecule has 1 amide bonds. The van der Waals surface area contributed by atoms with E-state index in [1.54, 1.807) is 4.90 Å². The van der Waals surface area contributed by atoms with Gasteiger partial charge in [-0.15, -0.1) is 0 Å². The van der Waals surface area contributed by atoms with Crippen LogP contribution in [0.5, 0.6) is 0 Å². The topological polar surface area (TPSA) is 52.6 Å². The molecule has 0 saturated carbocycles. The Labute approximate surface area is 85.3 Å². The van der Waals surface area contributed by atoms with Gasteiger partial charge >= 0.3 is 6.09 Å². The smallest absolute Gasteiger partial charge is 0.407 e. The van der Waals surface area contributed by atoms with E-state index < -0.39 is 6.09 Å². The number of carbonyl (C=O) groups is 1. The van der Waals surface area contributed by atoms with Crippen molar-refractivity contribution in [3.8, 4) is 0 Å². The van der Waals surface area contributed by atoms with Crippen molar-refractivity contribution in [1.29, 1.82) is 0 Å². The standard InChI is InChI=1S/C10H20N2O2/c1-2-3-7-12(10(13)14)9-5-4-6-11-8-9/h9,11H,2-8H2,1H3,(H,13,14)/t9-/m1/s1. The maximum absolute atomic E-state index is 11.0. The van der Waals surface area contributed by atoms with E-state index in [1.165, 1.54) is 0 Å². The van der Waals surface area contributed by atoms with E-state index in [0.29, 0.717) is 6.54 Å². The molecule has 1 fully saturated rings. The van der Waals surface area contributed by atoms with Gasteiger partial charge in [-0.2, -0.15) is 0 Å². The van der Waals surface area contributed by atoms with Crippen LogP contribution in [0.25, 0.3) is 0 Å². The van der Waals surface area contributed by atoms with Gasteiger partial charge in [-0.3, -0.25) is 0 Å². The van der Waals surface area contributed by atoms with E-state index in [1.807, 2.05) is 0 Å². The minimum Gasteiger partial charge on any atom is -0.465 e. The van der Waals surface area contributed by atoms with E-state index in [2.05, 4.69) is 12.2 Å². The van der Waals surface area contributed by atoms with Gasteiger partial charge in [-0.05, 0) is 25.8 Å². The lowest BCUT2D eigenvalue weighted by molar-refractivity contribution is 0.114. The predicted molar refractivity (Wildman–Crippen MR) is 55.5 cm³/mol. The van der Waals surface area contributed by atoms with E-state index >= 15 is 0 Å². The third kappa shape index (κ3) is 3.18. The lowest BCUT2D eigenvalue weighted by atomic mass is 10.1. The van der Waals surface area contributed by atoms with Crippen LogP contribution in [0.3, 0.4) is 0 Å². The molecule has 0 aromatic rings. The largest absolute Gasteiger partial charge is 0.465 e. The Hall–Kier alpha value is -0.770. The fraction of sp³-hybridized carbons (Fsp3) is 0.900. The SMILES string of the molecule is CCCCN(C(=O)O)[C@@H]1CCCNC1. The average Bonchev–Trinajstić information content (AvgIpc) is 2.19. The van der Waals surface area contributed by atoms with Crippen LogP contribution in [0.2, 0.25) is 0 Å². The monoisotopic (exact) mass is 200 g/mol. The molecule has 4 heteroatoms. The van der Waals surface area contributed by atoms with Crippen molar-refractivity contribution in [2.24, 2.45) is 0 Å². The van der Waals surface area contributed by atoms with Crippen LogP contribution in [0.1, 0.15) is 32.6 Å². The third-order valence-electron chi connectivity index (χ3n) is 2.71. The molecule has 82 valence electrons. The summed E-state index contributed by atoms with van der Waals surface area (Å²) in [7, 11) is 0. The summed E-state index contributed by atoms with van der Waals surface area (Å²) in [6.07, 6.45) is 3.32. The van der Waals surface area contributed by atoms with Crippen LogP contribution in [0.4, 0.5) is 4.79 Å². The van der Waals surface area contributed by atoms with Gasteiger partial charge < -0.3 is 15.3 Å². The molecule has 0 spiro atoms. The molecule has 0 aromatic heterocycles. The van der Waals surface area contributed by atoms with Crippen molar-refractivity contribution in [2.75, 3.05) is 19.6 Å². The van der Waals surface area contributed by atoms with Gasteiger partial charge in [-0.25, -0.2) is 4.79 Å². The maximum Gasteiger partial charge on any atom is 0.407 e. The van der Waals surface area contributed by atoms with Crippen LogP contribution in [0, 0.1) is 0 Å². The van der Waals surface area contributed by atoms with E-state index in [4.69, 9.17) is 5.11 Å². The number of nitrogens with one attached hydrogen (secondary N) is 1. The molecule has 0 bridgehead atoms. The van der Waals surface area contributed by atoms with Crippen molar-refractivity contribution < 1.29 is 9.90 Å². The Morgan fingerprint density at radius 3 is 2.93 bits per heavy atom. The Kier molecular flexibility index (Phi) is 4.73. The fourth-order valence-corrected chi connectivity index (χ4v) is 1.86. The van der Waals surface area contributed by atoms with Gasteiger partial charge in [0.25, 0.3) is 0 Å². The number of hydrogen-bond acceptors (Lipinski definition) is 2. The molecule has 4 nitrogen and oxygen atoms in total. The maximum atomic E-state index is 11.0. The normalized spacial score (nSPS) is 21.9. The zero-order valence-electron chi connectivity index (χ0n) is 8.83. The molecule has 0 unspecified atom stereocenters. The van der Waals surface area contributed by atoms with Crippen molar-refractivity contribution in [3.63, 3.8) is 0 Å². The van der Waals surface area contributed by atoms with Gasteiger partial charge in [0.05, 0.1) is 0 Å². The summed E-state index contributed by atoms with van der Waals surface area (Å²) in [6.45, 7) is 4.60. The quantitative estimate of drug-likeness (QED) is 0.723. The van der Waals surface area contributed by atoms with Crippen LogP contribution in [-0.2, 0) is 0 Å². The van der Waals surface area contributed by atoms with E-state index in [-0.39, 0.29) is 6.04 Å². The van der Waals surface area contributed by atoms with E-state index in [0.717, 1.165) is 38.8 Å². The molecular formula is C10H20N2O2. The second-order valence-corrected chi connectivity index (χ2v) is 3.83. The molecule has 0 aliphatic carbocycles. The first-order valence-corrected chi connectivity index (χ1v) is 5.46. The first kappa shape index (κ1) is 11.3. The first-order chi connectivity index (χ1) is 6.75. The third-order valence-corrected chi connectivity index (χ3v) is 2.71. The molecule has 1 atom stereocenters. The Bertz CT molecular complexity index is 179. The zero-order chi connectivity index (χ0) is 10.4. The number of piperidine rings is 1. The number of carboxylic acid groups (broad SMARTS) is 1. The van der Waals surface area contributed by atoms with Crippen molar-refractivity contribution in [1.82, 2.24) is 10.2 Å². The highest BCUT2D eigenvalue weighted by Gasteiger charge is 2.23. The second-order valence-electron chi connectivity index (χ2n) is 3.83. The summed E-state index contributed by atoms with van der Waals surface area (Å²) in [6, 6.07) is 0.188. The van der Waals surface area contributed by atoms with Crippen LogP contribution in [0.15, 0.2) is 0 Å². The number of amides is 1. The molecule has 1 heterocycles. The summed E-state index contributed by atoms with van der Waals surface area (Å²) in [5, 5.41) is 12.3.